The predicted octanol–water partition coefficient (Wildman–Crippen LogP) is 2.97. The minimum atomic E-state index is -0.0342. The van der Waals surface area contributed by atoms with Gasteiger partial charge < -0.3 is 4.90 Å². The molecule has 1 saturated heterocycles. The summed E-state index contributed by atoms with van der Waals surface area (Å²) in [6.07, 6.45) is 2.10. The Labute approximate surface area is 100 Å². The highest BCUT2D eigenvalue weighted by Crippen LogP contribution is 2.39. The van der Waals surface area contributed by atoms with Crippen molar-refractivity contribution in [3.8, 4) is 0 Å². The van der Waals surface area contributed by atoms with Crippen LogP contribution < -0.4 is 0 Å². The fourth-order valence-corrected chi connectivity index (χ4v) is 2.99. The fraction of sp³-hybridized carbons (Fsp3) is 0.929. The molecule has 0 atom stereocenters. The van der Waals surface area contributed by atoms with Crippen LogP contribution in [0.3, 0.4) is 0 Å². The second-order valence-corrected chi connectivity index (χ2v) is 6.06. The van der Waals surface area contributed by atoms with Crippen LogP contribution in [0.2, 0.25) is 0 Å². The second kappa shape index (κ2) is 5.31. The Morgan fingerprint density at radius 3 is 2.00 bits per heavy atom. The van der Waals surface area contributed by atoms with Crippen LogP contribution in [0.15, 0.2) is 0 Å². The number of carbonyl (C=O) groups excluding carboxylic acids is 1. The van der Waals surface area contributed by atoms with Gasteiger partial charge in [-0.25, -0.2) is 0 Å². The maximum atomic E-state index is 11.9. The van der Waals surface area contributed by atoms with E-state index in [-0.39, 0.29) is 5.41 Å². The number of ketones is 1. The predicted molar refractivity (Wildman–Crippen MR) is 68.5 cm³/mol. The summed E-state index contributed by atoms with van der Waals surface area (Å²) >= 11 is 0. The van der Waals surface area contributed by atoms with Crippen LogP contribution in [0.4, 0.5) is 0 Å². The third-order valence-electron chi connectivity index (χ3n) is 4.18. The molecule has 0 unspecified atom stereocenters. The minimum absolute atomic E-state index is 0.0342. The van der Waals surface area contributed by atoms with E-state index < -0.39 is 0 Å². The largest absolute Gasteiger partial charge is 0.303 e. The Balaban J connectivity index is 2.60. The van der Waals surface area contributed by atoms with Gasteiger partial charge in [0.25, 0.3) is 0 Å². The lowest BCUT2D eigenvalue weighted by molar-refractivity contribution is -0.132. The number of hydrogen-bond acceptors (Lipinski definition) is 2. The average molecular weight is 225 g/mol. The average Bonchev–Trinajstić information content (AvgIpc) is 2.17. The maximum absolute atomic E-state index is 11.9. The summed E-state index contributed by atoms with van der Waals surface area (Å²) in [5.41, 5.74) is -0.0342. The first-order valence-corrected chi connectivity index (χ1v) is 6.62. The number of hydrogen-bond donors (Lipinski definition) is 0. The van der Waals surface area contributed by atoms with Crippen LogP contribution in [0.5, 0.6) is 0 Å². The Bertz CT molecular complexity index is 237. The molecule has 16 heavy (non-hydrogen) atoms. The molecule has 1 heterocycles. The van der Waals surface area contributed by atoms with E-state index in [0.29, 0.717) is 11.7 Å². The summed E-state index contributed by atoms with van der Waals surface area (Å²) in [5.74, 6) is 1.60. The molecule has 0 radical (unpaired) electrons. The van der Waals surface area contributed by atoms with Crippen molar-refractivity contribution in [2.75, 3.05) is 19.6 Å². The molecule has 1 rings (SSSR count). The molecular formula is C14H27NO. The zero-order chi connectivity index (χ0) is 12.3. The lowest BCUT2D eigenvalue weighted by Gasteiger charge is -2.43. The summed E-state index contributed by atoms with van der Waals surface area (Å²) in [6.45, 7) is 14.0. The van der Waals surface area contributed by atoms with Crippen LogP contribution >= 0.6 is 0 Å². The molecule has 2 nitrogen and oxygen atoms in total. The highest BCUT2D eigenvalue weighted by molar-refractivity contribution is 5.82. The van der Waals surface area contributed by atoms with Gasteiger partial charge in [-0.05, 0) is 44.7 Å². The summed E-state index contributed by atoms with van der Waals surface area (Å²) in [4.78, 5) is 14.4. The van der Waals surface area contributed by atoms with Gasteiger partial charge in [-0.1, -0.05) is 27.7 Å². The summed E-state index contributed by atoms with van der Waals surface area (Å²) in [5, 5.41) is 0. The molecule has 0 amide bonds. The first-order valence-electron chi connectivity index (χ1n) is 6.62. The Morgan fingerprint density at radius 2 is 1.69 bits per heavy atom. The molecule has 2 heteroatoms. The van der Waals surface area contributed by atoms with Gasteiger partial charge in [0.2, 0.25) is 0 Å². The van der Waals surface area contributed by atoms with Crippen molar-refractivity contribution in [1.82, 2.24) is 4.90 Å². The van der Waals surface area contributed by atoms with Crippen LogP contribution in [0.25, 0.3) is 0 Å². The van der Waals surface area contributed by atoms with E-state index in [1.165, 1.54) is 6.54 Å². The zero-order valence-electron chi connectivity index (χ0n) is 11.5. The van der Waals surface area contributed by atoms with Crippen LogP contribution in [-0.2, 0) is 4.79 Å². The van der Waals surface area contributed by atoms with E-state index in [0.717, 1.165) is 31.8 Å². The smallest absolute Gasteiger partial charge is 0.136 e. The number of nitrogens with zero attached hydrogens (tertiary/aromatic N) is 1. The van der Waals surface area contributed by atoms with Gasteiger partial charge >= 0.3 is 0 Å². The third kappa shape index (κ3) is 2.85. The van der Waals surface area contributed by atoms with Crippen LogP contribution in [0, 0.1) is 17.3 Å². The lowest BCUT2D eigenvalue weighted by Crippen LogP contribution is -2.47. The Morgan fingerprint density at radius 1 is 1.19 bits per heavy atom. The molecule has 0 aromatic carbocycles. The number of Topliss-reactive ketones (excluding diaryl/α,β-unsaturated/α-hetero) is 1. The molecule has 0 N–H and O–H groups in total. The highest BCUT2D eigenvalue weighted by atomic mass is 16.1. The summed E-state index contributed by atoms with van der Waals surface area (Å²) in [7, 11) is 0. The van der Waals surface area contributed by atoms with Crippen molar-refractivity contribution in [2.24, 2.45) is 17.3 Å². The molecule has 1 aliphatic rings. The normalized spacial score (nSPS) is 21.7. The van der Waals surface area contributed by atoms with E-state index in [9.17, 15) is 4.79 Å². The Kier molecular flexibility index (Phi) is 4.54. The second-order valence-electron chi connectivity index (χ2n) is 6.06. The molecule has 0 spiro atoms. The molecule has 1 aliphatic heterocycles. The van der Waals surface area contributed by atoms with Crippen molar-refractivity contribution in [2.45, 2.75) is 47.5 Å². The van der Waals surface area contributed by atoms with Crippen LogP contribution in [0.1, 0.15) is 47.5 Å². The van der Waals surface area contributed by atoms with Crippen molar-refractivity contribution in [1.29, 1.82) is 0 Å². The third-order valence-corrected chi connectivity index (χ3v) is 4.18. The number of likely N-dealkylation sites (tertiary alicyclic amines) is 1. The van der Waals surface area contributed by atoms with Gasteiger partial charge in [0.15, 0.2) is 0 Å². The quantitative estimate of drug-likeness (QED) is 0.733. The van der Waals surface area contributed by atoms with Gasteiger partial charge in [0, 0.05) is 12.0 Å². The lowest BCUT2D eigenvalue weighted by atomic mass is 9.67. The van der Waals surface area contributed by atoms with Crippen molar-refractivity contribution < 1.29 is 4.79 Å². The Hall–Kier alpha value is -0.370. The molecule has 1 fully saturated rings. The summed E-state index contributed by atoms with van der Waals surface area (Å²) in [6, 6.07) is 0. The minimum Gasteiger partial charge on any atom is -0.303 e. The topological polar surface area (TPSA) is 20.3 Å². The van der Waals surface area contributed by atoms with E-state index in [2.05, 4.69) is 32.6 Å². The van der Waals surface area contributed by atoms with Gasteiger partial charge in [-0.15, -0.1) is 0 Å². The zero-order valence-corrected chi connectivity index (χ0v) is 11.5. The van der Waals surface area contributed by atoms with E-state index >= 15 is 0 Å². The number of carbonyl (C=O) groups is 1. The number of piperidine rings is 1. The molecular weight excluding hydrogens is 198 g/mol. The highest BCUT2D eigenvalue weighted by Gasteiger charge is 2.41. The number of rotatable bonds is 4. The van der Waals surface area contributed by atoms with Crippen molar-refractivity contribution in [3.63, 3.8) is 0 Å². The van der Waals surface area contributed by atoms with Gasteiger partial charge in [0.1, 0.15) is 5.78 Å². The molecule has 0 aliphatic carbocycles. The van der Waals surface area contributed by atoms with Gasteiger partial charge in [0.05, 0.1) is 0 Å². The first-order chi connectivity index (χ1) is 7.38. The standard InChI is InChI=1S/C14H27NO/c1-11(2)10-15-8-6-14(7-9-15,12(3)4)13(5)16/h11-12H,6-10H2,1-5H3. The maximum Gasteiger partial charge on any atom is 0.136 e. The van der Waals surface area contributed by atoms with Gasteiger partial charge in [-0.3, -0.25) is 4.79 Å². The van der Waals surface area contributed by atoms with Gasteiger partial charge in [-0.2, -0.15) is 0 Å². The van der Waals surface area contributed by atoms with E-state index in [4.69, 9.17) is 0 Å². The monoisotopic (exact) mass is 225 g/mol. The first kappa shape index (κ1) is 13.7. The van der Waals surface area contributed by atoms with Crippen LogP contribution in [-0.4, -0.2) is 30.3 Å². The molecule has 0 saturated carbocycles. The summed E-state index contributed by atoms with van der Waals surface area (Å²) < 4.78 is 0. The molecule has 0 aromatic heterocycles. The fourth-order valence-electron chi connectivity index (χ4n) is 2.99. The van der Waals surface area contributed by atoms with Crippen molar-refractivity contribution in [3.05, 3.63) is 0 Å². The van der Waals surface area contributed by atoms with Crippen molar-refractivity contribution >= 4 is 5.78 Å². The molecule has 0 bridgehead atoms. The van der Waals surface area contributed by atoms with E-state index in [1.807, 2.05) is 0 Å². The SMILES string of the molecule is CC(=O)C1(C(C)C)CCN(CC(C)C)CC1. The van der Waals surface area contributed by atoms with E-state index in [1.54, 1.807) is 6.92 Å². The molecule has 0 aromatic rings. The molecule has 94 valence electrons.